The van der Waals surface area contributed by atoms with Gasteiger partial charge >= 0.3 is 0 Å². The molecular formula is C12H23N3O3. The highest BCUT2D eigenvalue weighted by Crippen LogP contribution is 2.17. The van der Waals surface area contributed by atoms with Crippen molar-refractivity contribution >= 4 is 11.8 Å². The Morgan fingerprint density at radius 2 is 2.17 bits per heavy atom. The molecular weight excluding hydrogens is 234 g/mol. The molecule has 1 aliphatic rings. The Balaban J connectivity index is 2.60. The van der Waals surface area contributed by atoms with Crippen molar-refractivity contribution < 1.29 is 14.7 Å². The minimum absolute atomic E-state index is 0.185. The Morgan fingerprint density at radius 1 is 1.50 bits per heavy atom. The van der Waals surface area contributed by atoms with E-state index in [0.29, 0.717) is 6.54 Å². The fourth-order valence-corrected chi connectivity index (χ4v) is 2.07. The molecule has 18 heavy (non-hydrogen) atoms. The topological polar surface area (TPSA) is 81.7 Å². The van der Waals surface area contributed by atoms with E-state index in [4.69, 9.17) is 0 Å². The van der Waals surface area contributed by atoms with Crippen LogP contribution in [0, 0.1) is 0 Å². The lowest BCUT2D eigenvalue weighted by atomic mass is 10.2. The zero-order valence-corrected chi connectivity index (χ0v) is 11.3. The summed E-state index contributed by atoms with van der Waals surface area (Å²) in [6.45, 7) is 4.02. The number of aliphatic hydroxyl groups is 1. The van der Waals surface area contributed by atoms with Crippen LogP contribution in [-0.2, 0) is 9.59 Å². The van der Waals surface area contributed by atoms with Gasteiger partial charge in [-0.1, -0.05) is 0 Å². The van der Waals surface area contributed by atoms with Crippen LogP contribution < -0.4 is 10.6 Å². The van der Waals surface area contributed by atoms with Gasteiger partial charge in [-0.05, 0) is 33.7 Å². The molecule has 0 aliphatic carbocycles. The first-order valence-electron chi connectivity index (χ1n) is 6.40. The van der Waals surface area contributed by atoms with Crippen LogP contribution in [0.1, 0.15) is 26.7 Å². The van der Waals surface area contributed by atoms with E-state index in [1.807, 2.05) is 6.92 Å². The molecule has 3 atom stereocenters. The SMILES string of the molecule is CN[C@@H](C)C(=O)N[C@@H](CO)C(=O)N1CCC[C@H]1C. The van der Waals surface area contributed by atoms with E-state index in [0.717, 1.165) is 12.8 Å². The summed E-state index contributed by atoms with van der Waals surface area (Å²) >= 11 is 0. The molecule has 0 unspecified atom stereocenters. The van der Waals surface area contributed by atoms with Gasteiger partial charge in [-0.25, -0.2) is 0 Å². The van der Waals surface area contributed by atoms with Crippen LogP contribution in [0.2, 0.25) is 0 Å². The number of carbonyl (C=O) groups is 2. The summed E-state index contributed by atoms with van der Waals surface area (Å²) in [5.41, 5.74) is 0. The van der Waals surface area contributed by atoms with Crippen molar-refractivity contribution in [1.29, 1.82) is 0 Å². The molecule has 0 spiro atoms. The second-order valence-corrected chi connectivity index (χ2v) is 4.78. The first kappa shape index (κ1) is 14.9. The van der Waals surface area contributed by atoms with Gasteiger partial charge in [0.15, 0.2) is 0 Å². The maximum atomic E-state index is 12.2. The lowest BCUT2D eigenvalue weighted by molar-refractivity contribution is -0.138. The van der Waals surface area contributed by atoms with Gasteiger partial charge in [0.05, 0.1) is 12.6 Å². The number of likely N-dealkylation sites (N-methyl/N-ethyl adjacent to an activating group) is 1. The average molecular weight is 257 g/mol. The van der Waals surface area contributed by atoms with E-state index >= 15 is 0 Å². The summed E-state index contributed by atoms with van der Waals surface area (Å²) in [4.78, 5) is 25.6. The number of likely N-dealkylation sites (tertiary alicyclic amines) is 1. The van der Waals surface area contributed by atoms with Gasteiger partial charge in [0.2, 0.25) is 11.8 Å². The van der Waals surface area contributed by atoms with E-state index in [1.165, 1.54) is 0 Å². The normalized spacial score (nSPS) is 22.7. The number of nitrogens with zero attached hydrogens (tertiary/aromatic N) is 1. The van der Waals surface area contributed by atoms with Crippen LogP contribution in [0.25, 0.3) is 0 Å². The minimum Gasteiger partial charge on any atom is -0.394 e. The van der Waals surface area contributed by atoms with E-state index in [1.54, 1.807) is 18.9 Å². The lowest BCUT2D eigenvalue weighted by Crippen LogP contribution is -2.54. The first-order chi connectivity index (χ1) is 8.51. The van der Waals surface area contributed by atoms with Crippen molar-refractivity contribution in [2.75, 3.05) is 20.2 Å². The number of rotatable bonds is 5. The first-order valence-corrected chi connectivity index (χ1v) is 6.40. The van der Waals surface area contributed by atoms with E-state index in [-0.39, 0.29) is 30.5 Å². The Morgan fingerprint density at radius 3 is 2.61 bits per heavy atom. The molecule has 2 amide bonds. The van der Waals surface area contributed by atoms with Gasteiger partial charge in [-0.3, -0.25) is 9.59 Å². The summed E-state index contributed by atoms with van der Waals surface area (Å²) < 4.78 is 0. The van der Waals surface area contributed by atoms with Crippen molar-refractivity contribution in [3.05, 3.63) is 0 Å². The molecule has 1 fully saturated rings. The Hall–Kier alpha value is -1.14. The number of nitrogens with one attached hydrogen (secondary N) is 2. The maximum Gasteiger partial charge on any atom is 0.247 e. The van der Waals surface area contributed by atoms with Gasteiger partial charge < -0.3 is 20.6 Å². The third-order valence-electron chi connectivity index (χ3n) is 3.46. The predicted octanol–water partition coefficient (Wildman–Crippen LogP) is -0.918. The summed E-state index contributed by atoms with van der Waals surface area (Å²) in [5, 5.41) is 14.6. The zero-order chi connectivity index (χ0) is 13.7. The summed E-state index contributed by atoms with van der Waals surface area (Å²) in [6, 6.07) is -1.04. The van der Waals surface area contributed by atoms with Crippen LogP contribution in [0.4, 0.5) is 0 Å². The van der Waals surface area contributed by atoms with Crippen molar-refractivity contribution in [1.82, 2.24) is 15.5 Å². The number of carbonyl (C=O) groups excluding carboxylic acids is 2. The molecule has 1 rings (SSSR count). The zero-order valence-electron chi connectivity index (χ0n) is 11.3. The number of hydrogen-bond acceptors (Lipinski definition) is 4. The molecule has 1 saturated heterocycles. The van der Waals surface area contributed by atoms with E-state index in [2.05, 4.69) is 10.6 Å². The quantitative estimate of drug-likeness (QED) is 0.595. The molecule has 1 heterocycles. The third kappa shape index (κ3) is 3.43. The van der Waals surface area contributed by atoms with Crippen molar-refractivity contribution in [3.63, 3.8) is 0 Å². The number of amides is 2. The fourth-order valence-electron chi connectivity index (χ4n) is 2.07. The monoisotopic (exact) mass is 257 g/mol. The molecule has 0 radical (unpaired) electrons. The molecule has 6 nitrogen and oxygen atoms in total. The second kappa shape index (κ2) is 6.70. The molecule has 0 bridgehead atoms. The summed E-state index contributed by atoms with van der Waals surface area (Å²) in [5.74, 6) is -0.476. The van der Waals surface area contributed by atoms with Crippen molar-refractivity contribution in [2.45, 2.75) is 44.8 Å². The Labute approximate surface area is 108 Å². The highest BCUT2D eigenvalue weighted by Gasteiger charge is 2.31. The van der Waals surface area contributed by atoms with Crippen LogP contribution >= 0.6 is 0 Å². The molecule has 104 valence electrons. The van der Waals surface area contributed by atoms with Gasteiger partial charge in [-0.2, -0.15) is 0 Å². The van der Waals surface area contributed by atoms with Crippen LogP contribution in [0.15, 0.2) is 0 Å². The molecule has 0 aromatic heterocycles. The van der Waals surface area contributed by atoms with Crippen LogP contribution in [-0.4, -0.2) is 60.1 Å². The third-order valence-corrected chi connectivity index (χ3v) is 3.46. The van der Waals surface area contributed by atoms with Gasteiger partial charge in [0, 0.05) is 12.6 Å². The molecule has 0 saturated carbocycles. The summed E-state index contributed by atoms with van der Waals surface area (Å²) in [7, 11) is 1.67. The number of hydrogen-bond donors (Lipinski definition) is 3. The van der Waals surface area contributed by atoms with Crippen molar-refractivity contribution in [3.8, 4) is 0 Å². The molecule has 3 N–H and O–H groups in total. The second-order valence-electron chi connectivity index (χ2n) is 4.78. The predicted molar refractivity (Wildman–Crippen MR) is 67.9 cm³/mol. The standard InChI is InChI=1S/C12H23N3O3/c1-8-5-4-6-15(8)12(18)10(7-16)14-11(17)9(2)13-3/h8-10,13,16H,4-7H2,1-3H3,(H,14,17)/t8-,9+,10+/m1/s1. The molecule has 0 aromatic carbocycles. The maximum absolute atomic E-state index is 12.2. The molecule has 6 heteroatoms. The minimum atomic E-state index is -0.839. The van der Waals surface area contributed by atoms with Gasteiger partial charge in [0.25, 0.3) is 0 Å². The Kier molecular flexibility index (Phi) is 5.55. The highest BCUT2D eigenvalue weighted by molar-refractivity contribution is 5.90. The molecule has 0 aromatic rings. The van der Waals surface area contributed by atoms with E-state index < -0.39 is 6.04 Å². The van der Waals surface area contributed by atoms with Crippen LogP contribution in [0.5, 0.6) is 0 Å². The van der Waals surface area contributed by atoms with Crippen LogP contribution in [0.3, 0.4) is 0 Å². The Bertz CT molecular complexity index is 309. The smallest absolute Gasteiger partial charge is 0.247 e. The highest BCUT2D eigenvalue weighted by atomic mass is 16.3. The van der Waals surface area contributed by atoms with Gasteiger partial charge in [-0.15, -0.1) is 0 Å². The summed E-state index contributed by atoms with van der Waals surface area (Å²) in [6.07, 6.45) is 1.96. The molecule has 1 aliphatic heterocycles. The largest absolute Gasteiger partial charge is 0.394 e. The lowest BCUT2D eigenvalue weighted by Gasteiger charge is -2.27. The average Bonchev–Trinajstić information content (AvgIpc) is 2.79. The van der Waals surface area contributed by atoms with Crippen molar-refractivity contribution in [2.24, 2.45) is 0 Å². The number of aliphatic hydroxyl groups excluding tert-OH is 1. The van der Waals surface area contributed by atoms with E-state index in [9.17, 15) is 14.7 Å². The fraction of sp³-hybridized carbons (Fsp3) is 0.833. The van der Waals surface area contributed by atoms with Gasteiger partial charge in [0.1, 0.15) is 6.04 Å².